The highest BCUT2D eigenvalue weighted by atomic mass is 79.9. The molecule has 138 valence electrons. The van der Waals surface area contributed by atoms with Crippen molar-refractivity contribution in [1.29, 1.82) is 0 Å². The molecule has 1 aliphatic rings. The minimum Gasteiger partial charge on any atom is -0.493 e. The van der Waals surface area contributed by atoms with Crippen LogP contribution in [0, 0.1) is 0 Å². The fraction of sp³-hybridized carbons (Fsp3) is 0.278. The summed E-state index contributed by atoms with van der Waals surface area (Å²) < 4.78 is 31.9. The lowest BCUT2D eigenvalue weighted by Crippen LogP contribution is -2.32. The van der Waals surface area contributed by atoms with E-state index in [-0.39, 0.29) is 16.8 Å². The smallest absolute Gasteiger partial charge is 0.251 e. The van der Waals surface area contributed by atoms with E-state index in [1.165, 1.54) is 38.4 Å². The number of benzene rings is 2. The second kappa shape index (κ2) is 7.38. The third-order valence-corrected chi connectivity index (χ3v) is 6.53. The number of nitrogens with one attached hydrogen (secondary N) is 1. The van der Waals surface area contributed by atoms with Gasteiger partial charge in [-0.3, -0.25) is 4.79 Å². The number of nitrogens with zero attached hydrogens (tertiary/aromatic N) is 1. The number of carbonyl (C=O) groups excluding carboxylic acids is 1. The molecular formula is C18H19BrN2O4S. The van der Waals surface area contributed by atoms with Gasteiger partial charge >= 0.3 is 0 Å². The molecule has 1 heterocycles. The summed E-state index contributed by atoms with van der Waals surface area (Å²) in [5, 5.41) is 3.00. The maximum absolute atomic E-state index is 12.6. The summed E-state index contributed by atoms with van der Waals surface area (Å²) in [6.07, 6.45) is 0.669. The first-order valence-electron chi connectivity index (χ1n) is 8.05. The van der Waals surface area contributed by atoms with Crippen LogP contribution in [0.3, 0.4) is 0 Å². The van der Waals surface area contributed by atoms with Crippen LogP contribution in [0.25, 0.3) is 0 Å². The van der Waals surface area contributed by atoms with Gasteiger partial charge in [-0.05, 0) is 42.5 Å². The monoisotopic (exact) mass is 438 g/mol. The number of halogens is 1. The molecule has 1 unspecified atom stereocenters. The van der Waals surface area contributed by atoms with Crippen LogP contribution >= 0.6 is 15.9 Å². The van der Waals surface area contributed by atoms with E-state index in [0.717, 1.165) is 20.1 Å². The average molecular weight is 439 g/mol. The van der Waals surface area contributed by atoms with Gasteiger partial charge in [-0.2, -0.15) is 0 Å². The summed E-state index contributed by atoms with van der Waals surface area (Å²) in [4.78, 5) is 12.7. The Hall–Kier alpha value is -1.90. The summed E-state index contributed by atoms with van der Waals surface area (Å²) >= 11 is 3.44. The fourth-order valence-corrected chi connectivity index (χ4v) is 4.03. The van der Waals surface area contributed by atoms with Crippen molar-refractivity contribution in [2.75, 3.05) is 20.7 Å². The lowest BCUT2D eigenvalue weighted by atomic mass is 10.00. The molecule has 3 rings (SSSR count). The first-order valence-corrected chi connectivity index (χ1v) is 10.3. The number of fused-ring (bicyclic) bond motifs is 1. The van der Waals surface area contributed by atoms with Crippen molar-refractivity contribution in [3.8, 4) is 5.75 Å². The van der Waals surface area contributed by atoms with Gasteiger partial charge in [-0.15, -0.1) is 0 Å². The number of rotatable bonds is 4. The molecule has 0 radical (unpaired) electrons. The van der Waals surface area contributed by atoms with E-state index in [1.807, 2.05) is 18.2 Å². The normalized spacial score (nSPS) is 16.7. The Morgan fingerprint density at radius 1 is 1.19 bits per heavy atom. The van der Waals surface area contributed by atoms with Crippen molar-refractivity contribution >= 4 is 31.9 Å². The zero-order valence-corrected chi connectivity index (χ0v) is 16.8. The Kier molecular flexibility index (Phi) is 5.36. The molecule has 0 saturated carbocycles. The van der Waals surface area contributed by atoms with Crippen molar-refractivity contribution in [3.63, 3.8) is 0 Å². The predicted molar refractivity (Wildman–Crippen MR) is 102 cm³/mol. The summed E-state index contributed by atoms with van der Waals surface area (Å²) in [7, 11) is -0.574. The summed E-state index contributed by atoms with van der Waals surface area (Å²) in [5.41, 5.74) is 1.33. The lowest BCUT2D eigenvalue weighted by Gasteiger charge is -2.27. The number of sulfonamides is 1. The number of hydrogen-bond acceptors (Lipinski definition) is 4. The van der Waals surface area contributed by atoms with E-state index in [4.69, 9.17) is 4.74 Å². The molecule has 0 aliphatic carbocycles. The third-order valence-electron chi connectivity index (χ3n) is 4.21. The Balaban J connectivity index is 1.79. The average Bonchev–Trinajstić information content (AvgIpc) is 2.62. The highest BCUT2D eigenvalue weighted by Crippen LogP contribution is 2.34. The van der Waals surface area contributed by atoms with Gasteiger partial charge in [0.1, 0.15) is 5.75 Å². The Labute approximate surface area is 161 Å². The molecule has 2 aromatic carbocycles. The largest absolute Gasteiger partial charge is 0.493 e. The molecule has 0 aromatic heterocycles. The zero-order chi connectivity index (χ0) is 18.9. The first kappa shape index (κ1) is 18.9. The van der Waals surface area contributed by atoms with E-state index >= 15 is 0 Å². The number of hydrogen-bond donors (Lipinski definition) is 1. The van der Waals surface area contributed by atoms with Crippen LogP contribution in [0.4, 0.5) is 0 Å². The summed E-state index contributed by atoms with van der Waals surface area (Å²) in [6, 6.07) is 11.5. The van der Waals surface area contributed by atoms with Crippen molar-refractivity contribution < 1.29 is 17.9 Å². The van der Waals surface area contributed by atoms with Gasteiger partial charge < -0.3 is 10.1 Å². The highest BCUT2D eigenvalue weighted by molar-refractivity contribution is 9.10. The molecular weight excluding hydrogens is 420 g/mol. The molecule has 1 atom stereocenters. The second-order valence-corrected chi connectivity index (χ2v) is 9.22. The molecule has 0 saturated heterocycles. The quantitative estimate of drug-likeness (QED) is 0.795. The van der Waals surface area contributed by atoms with Crippen LogP contribution in [-0.4, -0.2) is 39.3 Å². The predicted octanol–water partition coefficient (Wildman–Crippen LogP) is 2.95. The molecule has 1 amide bonds. The van der Waals surface area contributed by atoms with Gasteiger partial charge in [0.2, 0.25) is 10.0 Å². The van der Waals surface area contributed by atoms with Gasteiger partial charge in [0.05, 0.1) is 17.5 Å². The third kappa shape index (κ3) is 3.77. The number of amides is 1. The zero-order valence-electron chi connectivity index (χ0n) is 14.4. The first-order chi connectivity index (χ1) is 12.3. The maximum Gasteiger partial charge on any atom is 0.251 e. The van der Waals surface area contributed by atoms with Gasteiger partial charge in [-0.1, -0.05) is 15.9 Å². The van der Waals surface area contributed by atoms with Crippen LogP contribution in [0.1, 0.15) is 28.4 Å². The van der Waals surface area contributed by atoms with Crippen molar-refractivity contribution in [1.82, 2.24) is 9.62 Å². The van der Waals surface area contributed by atoms with Gasteiger partial charge in [0.15, 0.2) is 0 Å². The molecule has 0 bridgehead atoms. The fourth-order valence-electron chi connectivity index (χ4n) is 2.75. The Morgan fingerprint density at radius 3 is 2.54 bits per heavy atom. The van der Waals surface area contributed by atoms with Crippen LogP contribution < -0.4 is 10.1 Å². The molecule has 1 N–H and O–H groups in total. The van der Waals surface area contributed by atoms with Crippen molar-refractivity contribution in [2.24, 2.45) is 0 Å². The van der Waals surface area contributed by atoms with Crippen molar-refractivity contribution in [2.45, 2.75) is 17.4 Å². The lowest BCUT2D eigenvalue weighted by molar-refractivity contribution is 0.0924. The van der Waals surface area contributed by atoms with E-state index in [9.17, 15) is 13.2 Å². The molecule has 0 spiro atoms. The van der Waals surface area contributed by atoms with Crippen molar-refractivity contribution in [3.05, 3.63) is 58.1 Å². The molecule has 8 heteroatoms. The topological polar surface area (TPSA) is 75.7 Å². The molecule has 6 nitrogen and oxygen atoms in total. The Morgan fingerprint density at radius 2 is 1.88 bits per heavy atom. The van der Waals surface area contributed by atoms with Gasteiger partial charge in [0, 0.05) is 36.1 Å². The molecule has 0 fully saturated rings. The number of carbonyl (C=O) groups is 1. The van der Waals surface area contributed by atoms with E-state index in [1.54, 1.807) is 0 Å². The standard InChI is InChI=1S/C18H19BrN2O4S/c1-21(2)26(23,24)14-6-3-12(4-7-14)18(22)20-16-9-10-25-17-8-5-13(19)11-15(16)17/h3-8,11,16H,9-10H2,1-2H3,(H,20,22). The number of ether oxygens (including phenoxy) is 1. The Bertz CT molecular complexity index is 927. The van der Waals surface area contributed by atoms with Crippen LogP contribution in [0.15, 0.2) is 51.8 Å². The maximum atomic E-state index is 12.6. The minimum absolute atomic E-state index is 0.152. The van der Waals surface area contributed by atoms with Crippen LogP contribution in [-0.2, 0) is 10.0 Å². The van der Waals surface area contributed by atoms with Crippen LogP contribution in [0.2, 0.25) is 0 Å². The minimum atomic E-state index is -3.51. The molecule has 26 heavy (non-hydrogen) atoms. The van der Waals surface area contributed by atoms with E-state index in [2.05, 4.69) is 21.2 Å². The SMILES string of the molecule is CN(C)S(=O)(=O)c1ccc(C(=O)NC2CCOc3ccc(Br)cc32)cc1. The summed E-state index contributed by atoms with van der Waals surface area (Å²) in [6.45, 7) is 0.527. The van der Waals surface area contributed by atoms with Gasteiger partial charge in [-0.25, -0.2) is 12.7 Å². The van der Waals surface area contributed by atoms with E-state index < -0.39 is 10.0 Å². The van der Waals surface area contributed by atoms with E-state index in [0.29, 0.717) is 18.6 Å². The van der Waals surface area contributed by atoms with Crippen LogP contribution in [0.5, 0.6) is 5.75 Å². The van der Waals surface area contributed by atoms with Gasteiger partial charge in [0.25, 0.3) is 5.91 Å². The second-order valence-electron chi connectivity index (χ2n) is 6.16. The molecule has 2 aromatic rings. The molecule has 1 aliphatic heterocycles. The highest BCUT2D eigenvalue weighted by Gasteiger charge is 2.24. The summed E-state index contributed by atoms with van der Waals surface area (Å²) in [5.74, 6) is 0.508.